The summed E-state index contributed by atoms with van der Waals surface area (Å²) < 4.78 is 5.17. The highest BCUT2D eigenvalue weighted by Crippen LogP contribution is 2.11. The molecule has 0 bridgehead atoms. The van der Waals surface area contributed by atoms with Gasteiger partial charge in [-0.2, -0.15) is 0 Å². The van der Waals surface area contributed by atoms with E-state index < -0.39 is 0 Å². The highest BCUT2D eigenvalue weighted by atomic mass is 16.5. The van der Waals surface area contributed by atoms with E-state index in [-0.39, 0.29) is 6.61 Å². The lowest BCUT2D eigenvalue weighted by molar-refractivity contribution is 0.0894. The Balaban J connectivity index is 2.91. The Morgan fingerprint density at radius 3 is 2.54 bits per heavy atom. The van der Waals surface area contributed by atoms with Gasteiger partial charge in [-0.1, -0.05) is 39.5 Å². The van der Waals surface area contributed by atoms with Crippen molar-refractivity contribution in [3.8, 4) is 0 Å². The van der Waals surface area contributed by atoms with E-state index >= 15 is 0 Å². The predicted octanol–water partition coefficient (Wildman–Crippen LogP) is 2.60. The first-order chi connectivity index (χ1) is 6.31. The molecule has 1 N–H and O–H groups in total. The van der Waals surface area contributed by atoms with Crippen molar-refractivity contribution >= 4 is 0 Å². The van der Waals surface area contributed by atoms with Gasteiger partial charge in [-0.25, -0.2) is 0 Å². The van der Waals surface area contributed by atoms with Crippen molar-refractivity contribution in [3.05, 3.63) is 0 Å². The topological polar surface area (TPSA) is 29.5 Å². The summed E-state index contributed by atoms with van der Waals surface area (Å²) in [6, 6.07) is 0. The zero-order chi connectivity index (χ0) is 9.94. The molecule has 0 radical (unpaired) electrons. The van der Waals surface area contributed by atoms with E-state index in [2.05, 4.69) is 13.8 Å². The molecular formula is C11H24O2. The molecule has 0 aromatic rings. The third-order valence-corrected chi connectivity index (χ3v) is 2.42. The lowest BCUT2D eigenvalue weighted by atomic mass is 10.0. The molecule has 0 aliphatic carbocycles. The molecule has 0 saturated carbocycles. The molecule has 0 spiro atoms. The fourth-order valence-corrected chi connectivity index (χ4v) is 1.24. The van der Waals surface area contributed by atoms with Crippen molar-refractivity contribution < 1.29 is 9.84 Å². The second-order valence-corrected chi connectivity index (χ2v) is 3.70. The summed E-state index contributed by atoms with van der Waals surface area (Å²) in [5.74, 6) is 0.873. The Morgan fingerprint density at radius 1 is 1.15 bits per heavy atom. The summed E-state index contributed by atoms with van der Waals surface area (Å²) in [7, 11) is 0. The second-order valence-electron chi connectivity index (χ2n) is 3.70. The SMILES string of the molecule is CCC(C)CCCCCOCCO. The van der Waals surface area contributed by atoms with Crippen LogP contribution in [-0.4, -0.2) is 24.9 Å². The van der Waals surface area contributed by atoms with Crippen molar-refractivity contribution in [2.45, 2.75) is 46.0 Å². The lowest BCUT2D eigenvalue weighted by Gasteiger charge is -2.07. The van der Waals surface area contributed by atoms with Gasteiger partial charge in [0.2, 0.25) is 0 Å². The Bertz CT molecular complexity index is 94.1. The molecule has 0 aromatic heterocycles. The normalized spacial score (nSPS) is 13.2. The van der Waals surface area contributed by atoms with Gasteiger partial charge in [0.1, 0.15) is 0 Å². The third-order valence-electron chi connectivity index (χ3n) is 2.42. The minimum atomic E-state index is 0.146. The molecule has 80 valence electrons. The Labute approximate surface area is 82.3 Å². The number of unbranched alkanes of at least 4 members (excludes halogenated alkanes) is 2. The smallest absolute Gasteiger partial charge is 0.0697 e. The average Bonchev–Trinajstić information content (AvgIpc) is 2.16. The van der Waals surface area contributed by atoms with Crippen LogP contribution in [0.1, 0.15) is 46.0 Å². The maximum Gasteiger partial charge on any atom is 0.0697 e. The fraction of sp³-hybridized carbons (Fsp3) is 1.00. The largest absolute Gasteiger partial charge is 0.394 e. The molecule has 1 unspecified atom stereocenters. The minimum Gasteiger partial charge on any atom is -0.394 e. The molecular weight excluding hydrogens is 164 g/mol. The Kier molecular flexibility index (Phi) is 9.94. The first kappa shape index (κ1) is 12.9. The quantitative estimate of drug-likeness (QED) is 0.564. The van der Waals surface area contributed by atoms with Crippen LogP contribution in [0.3, 0.4) is 0 Å². The van der Waals surface area contributed by atoms with Crippen LogP contribution in [0.4, 0.5) is 0 Å². The van der Waals surface area contributed by atoms with Gasteiger partial charge >= 0.3 is 0 Å². The molecule has 2 heteroatoms. The zero-order valence-electron chi connectivity index (χ0n) is 9.09. The molecule has 2 nitrogen and oxygen atoms in total. The first-order valence-electron chi connectivity index (χ1n) is 5.49. The van der Waals surface area contributed by atoms with Gasteiger partial charge in [0, 0.05) is 6.61 Å². The van der Waals surface area contributed by atoms with Gasteiger partial charge in [-0.3, -0.25) is 0 Å². The van der Waals surface area contributed by atoms with Crippen LogP contribution in [0.15, 0.2) is 0 Å². The van der Waals surface area contributed by atoms with E-state index in [1.165, 1.54) is 25.7 Å². The summed E-state index contributed by atoms with van der Waals surface area (Å²) in [5.41, 5.74) is 0. The monoisotopic (exact) mass is 188 g/mol. The van der Waals surface area contributed by atoms with Crippen molar-refractivity contribution in [1.82, 2.24) is 0 Å². The molecule has 0 saturated heterocycles. The molecule has 0 rings (SSSR count). The van der Waals surface area contributed by atoms with Gasteiger partial charge in [0.05, 0.1) is 13.2 Å². The summed E-state index contributed by atoms with van der Waals surface area (Å²) >= 11 is 0. The fourth-order valence-electron chi connectivity index (χ4n) is 1.24. The van der Waals surface area contributed by atoms with E-state index in [4.69, 9.17) is 9.84 Å². The van der Waals surface area contributed by atoms with Gasteiger partial charge in [0.15, 0.2) is 0 Å². The maximum atomic E-state index is 8.45. The Hall–Kier alpha value is -0.0800. The number of rotatable bonds is 9. The van der Waals surface area contributed by atoms with E-state index in [9.17, 15) is 0 Å². The minimum absolute atomic E-state index is 0.146. The van der Waals surface area contributed by atoms with Crippen LogP contribution in [0, 0.1) is 5.92 Å². The van der Waals surface area contributed by atoms with Crippen LogP contribution in [0.2, 0.25) is 0 Å². The van der Waals surface area contributed by atoms with E-state index in [0.717, 1.165) is 18.9 Å². The number of aliphatic hydroxyl groups excluding tert-OH is 1. The van der Waals surface area contributed by atoms with Crippen LogP contribution >= 0.6 is 0 Å². The molecule has 0 aromatic carbocycles. The van der Waals surface area contributed by atoms with Crippen molar-refractivity contribution in [2.75, 3.05) is 19.8 Å². The first-order valence-corrected chi connectivity index (χ1v) is 5.49. The Morgan fingerprint density at radius 2 is 1.92 bits per heavy atom. The number of aliphatic hydroxyl groups is 1. The molecule has 0 amide bonds. The van der Waals surface area contributed by atoms with Gasteiger partial charge in [-0.15, -0.1) is 0 Å². The summed E-state index contributed by atoms with van der Waals surface area (Å²) in [6.45, 7) is 6.00. The van der Waals surface area contributed by atoms with E-state index in [1.54, 1.807) is 0 Å². The van der Waals surface area contributed by atoms with Crippen molar-refractivity contribution in [1.29, 1.82) is 0 Å². The van der Waals surface area contributed by atoms with Gasteiger partial charge in [0.25, 0.3) is 0 Å². The lowest BCUT2D eigenvalue weighted by Crippen LogP contribution is -2.00. The van der Waals surface area contributed by atoms with E-state index in [0.29, 0.717) is 6.61 Å². The van der Waals surface area contributed by atoms with Crippen LogP contribution < -0.4 is 0 Å². The second kappa shape index (κ2) is 10.0. The molecule has 0 fully saturated rings. The highest BCUT2D eigenvalue weighted by Gasteiger charge is 1.97. The van der Waals surface area contributed by atoms with Crippen molar-refractivity contribution in [2.24, 2.45) is 5.92 Å². The number of ether oxygens (including phenoxy) is 1. The van der Waals surface area contributed by atoms with Crippen LogP contribution in [0.5, 0.6) is 0 Å². The van der Waals surface area contributed by atoms with E-state index in [1.807, 2.05) is 0 Å². The van der Waals surface area contributed by atoms with Crippen molar-refractivity contribution in [3.63, 3.8) is 0 Å². The number of hydrogen-bond acceptors (Lipinski definition) is 2. The molecule has 0 aliphatic heterocycles. The highest BCUT2D eigenvalue weighted by molar-refractivity contribution is 4.50. The zero-order valence-corrected chi connectivity index (χ0v) is 9.09. The average molecular weight is 188 g/mol. The maximum absolute atomic E-state index is 8.45. The number of hydrogen-bond donors (Lipinski definition) is 1. The summed E-state index contributed by atoms with van der Waals surface area (Å²) in [4.78, 5) is 0. The van der Waals surface area contributed by atoms with Gasteiger partial charge in [-0.05, 0) is 12.3 Å². The van der Waals surface area contributed by atoms with Crippen LogP contribution in [-0.2, 0) is 4.74 Å². The summed E-state index contributed by atoms with van der Waals surface area (Å²) in [6.07, 6.45) is 6.35. The molecule has 13 heavy (non-hydrogen) atoms. The standard InChI is InChI=1S/C11H24O2/c1-3-11(2)7-5-4-6-9-13-10-8-12/h11-12H,3-10H2,1-2H3. The van der Waals surface area contributed by atoms with Gasteiger partial charge < -0.3 is 9.84 Å². The van der Waals surface area contributed by atoms with Crippen LogP contribution in [0.25, 0.3) is 0 Å². The predicted molar refractivity (Wildman–Crippen MR) is 55.8 cm³/mol. The third kappa shape index (κ3) is 9.84. The molecule has 0 heterocycles. The summed E-state index contributed by atoms with van der Waals surface area (Å²) in [5, 5.41) is 8.45. The molecule has 1 atom stereocenters. The molecule has 0 aliphatic rings.